The number of hydrogen-bond acceptors (Lipinski definition) is 3. The van der Waals surface area contributed by atoms with E-state index >= 15 is 0 Å². The molecule has 0 bridgehead atoms. The predicted octanol–water partition coefficient (Wildman–Crippen LogP) is 2.92. The Balaban J connectivity index is 3.11. The molecule has 1 aromatic carbocycles. The van der Waals surface area contributed by atoms with Crippen molar-refractivity contribution in [3.63, 3.8) is 0 Å². The zero-order valence-corrected chi connectivity index (χ0v) is 12.1. The Morgan fingerprint density at radius 3 is 1.78 bits per heavy atom. The van der Waals surface area contributed by atoms with Crippen molar-refractivity contribution in [3.8, 4) is 0 Å². The Bertz CT molecular complexity index is 430. The third kappa shape index (κ3) is 4.02. The standard InChI is InChI=1S/C14H23NO2S/c1-3-5-7-11-9-13(18(16)17)10-12(14(11)15)8-6-4-2/h9-10,18H,3-8,15H2,1-2H3. The molecule has 18 heavy (non-hydrogen) atoms. The van der Waals surface area contributed by atoms with Gasteiger partial charge in [0.2, 0.25) is 0 Å². The second-order valence-electron chi connectivity index (χ2n) is 4.64. The molecule has 0 aliphatic rings. The lowest BCUT2D eigenvalue weighted by Gasteiger charge is -2.12. The molecule has 1 aromatic rings. The van der Waals surface area contributed by atoms with Crippen LogP contribution in [-0.2, 0) is 23.5 Å². The van der Waals surface area contributed by atoms with Crippen LogP contribution < -0.4 is 5.73 Å². The van der Waals surface area contributed by atoms with Crippen molar-refractivity contribution in [3.05, 3.63) is 23.3 Å². The van der Waals surface area contributed by atoms with E-state index in [0.29, 0.717) is 4.90 Å². The Morgan fingerprint density at radius 1 is 1.00 bits per heavy atom. The van der Waals surface area contributed by atoms with E-state index in [-0.39, 0.29) is 0 Å². The van der Waals surface area contributed by atoms with Gasteiger partial charge in [0.25, 0.3) is 0 Å². The van der Waals surface area contributed by atoms with Crippen LogP contribution in [0.15, 0.2) is 17.0 Å². The molecule has 1 rings (SSSR count). The van der Waals surface area contributed by atoms with E-state index in [9.17, 15) is 8.42 Å². The summed E-state index contributed by atoms with van der Waals surface area (Å²) < 4.78 is 22.3. The molecule has 0 heterocycles. The van der Waals surface area contributed by atoms with Crippen LogP contribution in [-0.4, -0.2) is 8.42 Å². The van der Waals surface area contributed by atoms with Gasteiger partial charge in [-0.25, -0.2) is 8.42 Å². The molecule has 0 saturated carbocycles. The minimum Gasteiger partial charge on any atom is -0.398 e. The monoisotopic (exact) mass is 269 g/mol. The SMILES string of the molecule is CCCCc1cc([SH](=O)=O)cc(CCCC)c1N. The maximum absolute atomic E-state index is 11.2. The molecule has 0 aromatic heterocycles. The highest BCUT2D eigenvalue weighted by molar-refractivity contribution is 7.72. The first-order valence-corrected chi connectivity index (χ1v) is 7.83. The van der Waals surface area contributed by atoms with Crippen molar-refractivity contribution in [2.45, 2.75) is 57.3 Å². The van der Waals surface area contributed by atoms with Crippen molar-refractivity contribution in [1.82, 2.24) is 0 Å². The summed E-state index contributed by atoms with van der Waals surface area (Å²) >= 11 is 0. The second-order valence-corrected chi connectivity index (χ2v) is 5.67. The number of nitrogen functional groups attached to an aromatic ring is 1. The van der Waals surface area contributed by atoms with Crippen molar-refractivity contribution in [2.24, 2.45) is 0 Å². The average molecular weight is 269 g/mol. The molecule has 102 valence electrons. The van der Waals surface area contributed by atoms with Gasteiger partial charge in [0.05, 0.1) is 4.90 Å². The van der Waals surface area contributed by atoms with Crippen LogP contribution in [0.3, 0.4) is 0 Å². The van der Waals surface area contributed by atoms with Crippen LogP contribution in [0.4, 0.5) is 5.69 Å². The predicted molar refractivity (Wildman–Crippen MR) is 76.7 cm³/mol. The number of benzene rings is 1. The molecule has 4 heteroatoms. The molecule has 0 aliphatic heterocycles. The highest BCUT2D eigenvalue weighted by Gasteiger charge is 2.09. The molecular formula is C14H23NO2S. The van der Waals surface area contributed by atoms with E-state index in [1.165, 1.54) is 0 Å². The Hall–Kier alpha value is -1.03. The number of anilines is 1. The molecule has 0 atom stereocenters. The second kappa shape index (κ2) is 7.41. The van der Waals surface area contributed by atoms with Crippen molar-refractivity contribution < 1.29 is 8.42 Å². The van der Waals surface area contributed by atoms with Crippen molar-refractivity contribution >= 4 is 16.4 Å². The van der Waals surface area contributed by atoms with Gasteiger partial charge in [-0.3, -0.25) is 0 Å². The molecule has 0 radical (unpaired) electrons. The molecule has 2 N–H and O–H groups in total. The highest BCUT2D eigenvalue weighted by atomic mass is 32.2. The first kappa shape index (κ1) is 15.0. The Morgan fingerprint density at radius 2 is 1.44 bits per heavy atom. The molecule has 0 saturated heterocycles. The zero-order chi connectivity index (χ0) is 13.5. The van der Waals surface area contributed by atoms with E-state index in [2.05, 4.69) is 13.8 Å². The first-order chi connectivity index (χ1) is 8.60. The lowest BCUT2D eigenvalue weighted by Crippen LogP contribution is -2.02. The molecule has 0 unspecified atom stereocenters. The molecular weight excluding hydrogens is 246 g/mol. The minimum absolute atomic E-state index is 0.399. The topological polar surface area (TPSA) is 60.2 Å². The van der Waals surface area contributed by atoms with Gasteiger partial charge in [0, 0.05) is 5.69 Å². The van der Waals surface area contributed by atoms with Gasteiger partial charge in [-0.15, -0.1) is 0 Å². The lowest BCUT2D eigenvalue weighted by molar-refractivity contribution is 0.614. The first-order valence-electron chi connectivity index (χ1n) is 6.65. The maximum atomic E-state index is 11.2. The lowest BCUT2D eigenvalue weighted by atomic mass is 9.99. The summed E-state index contributed by atoms with van der Waals surface area (Å²) in [7, 11) is -2.53. The van der Waals surface area contributed by atoms with Gasteiger partial charge in [0.1, 0.15) is 0 Å². The van der Waals surface area contributed by atoms with Crippen LogP contribution in [0.25, 0.3) is 0 Å². The van der Waals surface area contributed by atoms with E-state index < -0.39 is 10.7 Å². The van der Waals surface area contributed by atoms with Gasteiger partial charge in [0.15, 0.2) is 10.7 Å². The van der Waals surface area contributed by atoms with E-state index in [0.717, 1.165) is 55.3 Å². The largest absolute Gasteiger partial charge is 0.398 e. The van der Waals surface area contributed by atoms with E-state index in [4.69, 9.17) is 5.73 Å². The van der Waals surface area contributed by atoms with Gasteiger partial charge >= 0.3 is 0 Å². The van der Waals surface area contributed by atoms with E-state index in [1.54, 1.807) is 12.1 Å². The quantitative estimate of drug-likeness (QED) is 0.591. The fourth-order valence-electron chi connectivity index (χ4n) is 2.01. The zero-order valence-electron chi connectivity index (χ0n) is 11.2. The number of nitrogens with two attached hydrogens (primary N) is 1. The van der Waals surface area contributed by atoms with Gasteiger partial charge in [-0.05, 0) is 48.9 Å². The van der Waals surface area contributed by atoms with E-state index in [1.807, 2.05) is 0 Å². The number of hydrogen-bond donors (Lipinski definition) is 2. The minimum atomic E-state index is -2.53. The third-order valence-corrected chi connectivity index (χ3v) is 3.83. The van der Waals surface area contributed by atoms with Gasteiger partial charge in [-0.2, -0.15) is 0 Å². The summed E-state index contributed by atoms with van der Waals surface area (Å²) in [5.74, 6) is 0. The summed E-state index contributed by atoms with van der Waals surface area (Å²) in [5.41, 5.74) is 8.90. The van der Waals surface area contributed by atoms with Crippen LogP contribution in [0.5, 0.6) is 0 Å². The van der Waals surface area contributed by atoms with Crippen molar-refractivity contribution in [2.75, 3.05) is 5.73 Å². The smallest absolute Gasteiger partial charge is 0.168 e. The van der Waals surface area contributed by atoms with Gasteiger partial charge in [-0.1, -0.05) is 26.7 Å². The highest BCUT2D eigenvalue weighted by Crippen LogP contribution is 2.24. The Labute approximate surface area is 111 Å². The van der Waals surface area contributed by atoms with Crippen molar-refractivity contribution in [1.29, 1.82) is 0 Å². The molecule has 0 amide bonds. The third-order valence-electron chi connectivity index (χ3n) is 3.15. The normalized spacial score (nSPS) is 11.1. The van der Waals surface area contributed by atoms with Crippen LogP contribution in [0.1, 0.15) is 50.7 Å². The average Bonchev–Trinajstić information content (AvgIpc) is 2.35. The number of thiol groups is 1. The maximum Gasteiger partial charge on any atom is 0.168 e. The Kier molecular flexibility index (Phi) is 6.19. The summed E-state index contributed by atoms with van der Waals surface area (Å²) in [5, 5.41) is 0. The molecule has 0 spiro atoms. The molecule has 3 nitrogen and oxygen atoms in total. The molecule has 0 fully saturated rings. The van der Waals surface area contributed by atoms with Crippen LogP contribution in [0.2, 0.25) is 0 Å². The fraction of sp³-hybridized carbons (Fsp3) is 0.571. The summed E-state index contributed by atoms with van der Waals surface area (Å²) in [6.45, 7) is 4.23. The van der Waals surface area contributed by atoms with Crippen LogP contribution in [0, 0.1) is 0 Å². The van der Waals surface area contributed by atoms with Gasteiger partial charge < -0.3 is 5.73 Å². The summed E-state index contributed by atoms with van der Waals surface area (Å²) in [6.07, 6.45) is 5.96. The fourth-order valence-corrected chi connectivity index (χ4v) is 2.54. The number of unbranched alkanes of at least 4 members (excludes halogenated alkanes) is 2. The summed E-state index contributed by atoms with van der Waals surface area (Å²) in [4.78, 5) is 0.399. The number of aryl methyl sites for hydroxylation is 2. The van der Waals surface area contributed by atoms with Crippen LogP contribution >= 0.6 is 0 Å². The number of rotatable bonds is 7. The summed E-state index contributed by atoms with van der Waals surface area (Å²) in [6, 6.07) is 3.46. The molecule has 0 aliphatic carbocycles.